The fraction of sp³-hybridized carbons (Fsp3) is 0.909. The van der Waals surface area contributed by atoms with Gasteiger partial charge < -0.3 is 5.11 Å². The van der Waals surface area contributed by atoms with Gasteiger partial charge in [0.1, 0.15) is 0 Å². The highest BCUT2D eigenvalue weighted by atomic mass is 19.1. The van der Waals surface area contributed by atoms with Gasteiger partial charge in [-0.05, 0) is 50.4 Å². The Morgan fingerprint density at radius 1 is 1.14 bits per heavy atom. The molecule has 0 aromatic carbocycles. The van der Waals surface area contributed by atoms with Gasteiger partial charge in [-0.2, -0.15) is 0 Å². The lowest BCUT2D eigenvalue weighted by atomic mass is 9.53. The van der Waals surface area contributed by atoms with Crippen LogP contribution in [0, 0.1) is 10.8 Å². The van der Waals surface area contributed by atoms with E-state index in [1.54, 1.807) is 0 Å². The highest BCUT2D eigenvalue weighted by Gasteiger charge is 2.52. The molecule has 0 unspecified atom stereocenters. The van der Waals surface area contributed by atoms with Gasteiger partial charge in [0.2, 0.25) is 0 Å². The van der Waals surface area contributed by atoms with E-state index in [2.05, 4.69) is 0 Å². The Kier molecular flexibility index (Phi) is 2.28. The molecule has 0 amide bonds. The largest absolute Gasteiger partial charge is 0.481 e. The lowest BCUT2D eigenvalue weighted by molar-refractivity contribution is -0.159. The van der Waals surface area contributed by atoms with Gasteiger partial charge in [0.15, 0.2) is 0 Å². The number of halogens is 1. The predicted molar refractivity (Wildman–Crippen MR) is 50.8 cm³/mol. The Hall–Kier alpha value is -0.600. The second kappa shape index (κ2) is 3.21. The number of aliphatic carboxylic acids is 1. The molecule has 2 bridgehead atoms. The maximum Gasteiger partial charge on any atom is 0.309 e. The van der Waals surface area contributed by atoms with Crippen LogP contribution in [-0.4, -0.2) is 17.8 Å². The van der Waals surface area contributed by atoms with E-state index in [0.29, 0.717) is 6.42 Å². The Labute approximate surface area is 83.5 Å². The molecule has 1 N–H and O–H groups in total. The van der Waals surface area contributed by atoms with Crippen molar-refractivity contribution in [3.05, 3.63) is 0 Å². The number of carboxylic acid groups (broad SMARTS) is 1. The number of alkyl halides is 1. The first-order valence-corrected chi connectivity index (χ1v) is 5.42. The molecule has 80 valence electrons. The number of hydrogen-bond donors (Lipinski definition) is 1. The highest BCUT2D eigenvalue weighted by molar-refractivity contribution is 5.75. The van der Waals surface area contributed by atoms with E-state index in [9.17, 15) is 9.18 Å². The van der Waals surface area contributed by atoms with E-state index in [0.717, 1.165) is 38.5 Å². The summed E-state index contributed by atoms with van der Waals surface area (Å²) in [5, 5.41) is 9.15. The minimum absolute atomic E-state index is 0.159. The SMILES string of the molecule is O=C(O)C12CCC(CCF)(CC1)CC2. The summed E-state index contributed by atoms with van der Waals surface area (Å²) in [4.78, 5) is 11.1. The number of carbonyl (C=O) groups is 1. The van der Waals surface area contributed by atoms with E-state index in [4.69, 9.17) is 5.11 Å². The van der Waals surface area contributed by atoms with Crippen molar-refractivity contribution in [3.63, 3.8) is 0 Å². The predicted octanol–water partition coefficient (Wildman–Crippen LogP) is 2.77. The summed E-state index contributed by atoms with van der Waals surface area (Å²) in [7, 11) is 0. The Morgan fingerprint density at radius 2 is 1.64 bits per heavy atom. The molecule has 0 spiro atoms. The molecule has 14 heavy (non-hydrogen) atoms. The van der Waals surface area contributed by atoms with Crippen LogP contribution in [0.25, 0.3) is 0 Å². The summed E-state index contributed by atoms with van der Waals surface area (Å²) >= 11 is 0. The van der Waals surface area contributed by atoms with Gasteiger partial charge in [-0.25, -0.2) is 0 Å². The molecule has 3 heteroatoms. The molecule has 3 aliphatic carbocycles. The summed E-state index contributed by atoms with van der Waals surface area (Å²) in [5.41, 5.74) is -0.288. The first-order valence-electron chi connectivity index (χ1n) is 5.42. The lowest BCUT2D eigenvalue weighted by Gasteiger charge is -2.51. The third kappa shape index (κ3) is 1.33. The van der Waals surface area contributed by atoms with Crippen LogP contribution in [-0.2, 0) is 4.79 Å². The van der Waals surface area contributed by atoms with Crippen molar-refractivity contribution in [2.45, 2.75) is 44.9 Å². The Morgan fingerprint density at radius 3 is 2.00 bits per heavy atom. The van der Waals surface area contributed by atoms with Crippen molar-refractivity contribution in [1.29, 1.82) is 0 Å². The van der Waals surface area contributed by atoms with Gasteiger partial charge in [-0.1, -0.05) is 0 Å². The summed E-state index contributed by atoms with van der Waals surface area (Å²) in [5.74, 6) is -0.633. The van der Waals surface area contributed by atoms with Crippen molar-refractivity contribution in [2.24, 2.45) is 10.8 Å². The van der Waals surface area contributed by atoms with Crippen molar-refractivity contribution in [2.75, 3.05) is 6.67 Å². The minimum Gasteiger partial charge on any atom is -0.481 e. The molecule has 0 heterocycles. The van der Waals surface area contributed by atoms with Crippen LogP contribution in [0.2, 0.25) is 0 Å². The number of rotatable bonds is 3. The smallest absolute Gasteiger partial charge is 0.309 e. The summed E-state index contributed by atoms with van der Waals surface area (Å²) in [6, 6.07) is 0. The van der Waals surface area contributed by atoms with Crippen LogP contribution in [0.1, 0.15) is 44.9 Å². The summed E-state index contributed by atoms with van der Waals surface area (Å²) in [6.45, 7) is -0.250. The van der Waals surface area contributed by atoms with Crippen LogP contribution in [0.3, 0.4) is 0 Å². The first kappa shape index (κ1) is 9.94. The standard InChI is InChI=1S/C11H17FO2/c12-8-7-10-1-4-11(5-2-10,6-3-10)9(13)14/h1-8H2,(H,13,14). The fourth-order valence-corrected chi connectivity index (χ4v) is 3.16. The van der Waals surface area contributed by atoms with Gasteiger partial charge in [-0.15, -0.1) is 0 Å². The zero-order valence-corrected chi connectivity index (χ0v) is 8.39. The monoisotopic (exact) mass is 200 g/mol. The van der Waals surface area contributed by atoms with Gasteiger partial charge >= 0.3 is 5.97 Å². The van der Waals surface area contributed by atoms with Gasteiger partial charge in [0.25, 0.3) is 0 Å². The molecule has 0 atom stereocenters. The molecular weight excluding hydrogens is 183 g/mol. The van der Waals surface area contributed by atoms with Gasteiger partial charge in [-0.3, -0.25) is 9.18 Å². The number of fused-ring (bicyclic) bond motifs is 3. The second-order valence-corrected chi connectivity index (χ2v) is 5.02. The topological polar surface area (TPSA) is 37.3 Å². The molecule has 3 saturated carbocycles. The van der Waals surface area contributed by atoms with Gasteiger partial charge in [0.05, 0.1) is 12.1 Å². The van der Waals surface area contributed by atoms with Crippen molar-refractivity contribution in [1.82, 2.24) is 0 Å². The molecule has 2 nitrogen and oxygen atoms in total. The van der Waals surface area contributed by atoms with E-state index in [1.165, 1.54) is 0 Å². The van der Waals surface area contributed by atoms with Gasteiger partial charge in [0, 0.05) is 0 Å². The van der Waals surface area contributed by atoms with E-state index < -0.39 is 11.4 Å². The van der Waals surface area contributed by atoms with Crippen LogP contribution < -0.4 is 0 Å². The lowest BCUT2D eigenvalue weighted by Crippen LogP contribution is -2.46. The number of carboxylic acids is 1. The van der Waals surface area contributed by atoms with Crippen LogP contribution in [0.5, 0.6) is 0 Å². The molecule has 3 rings (SSSR count). The Bertz CT molecular complexity index is 225. The molecule has 0 aliphatic heterocycles. The summed E-state index contributed by atoms with van der Waals surface area (Å²) in [6.07, 6.45) is 5.70. The quantitative estimate of drug-likeness (QED) is 0.760. The zero-order chi connectivity index (χ0) is 10.2. The Balaban J connectivity index is 2.09. The van der Waals surface area contributed by atoms with Crippen LogP contribution >= 0.6 is 0 Å². The number of hydrogen-bond acceptors (Lipinski definition) is 1. The molecule has 0 radical (unpaired) electrons. The second-order valence-electron chi connectivity index (χ2n) is 5.02. The van der Waals surface area contributed by atoms with Crippen LogP contribution in [0.15, 0.2) is 0 Å². The molecule has 0 aromatic heterocycles. The highest BCUT2D eigenvalue weighted by Crippen LogP contribution is 2.58. The molecule has 0 saturated heterocycles. The molecule has 3 fully saturated rings. The average molecular weight is 200 g/mol. The molecular formula is C11H17FO2. The third-order valence-electron chi connectivity index (χ3n) is 4.48. The van der Waals surface area contributed by atoms with Crippen molar-refractivity contribution >= 4 is 5.97 Å². The summed E-state index contributed by atoms with van der Waals surface area (Å²) < 4.78 is 12.4. The third-order valence-corrected chi connectivity index (χ3v) is 4.48. The minimum atomic E-state index is -0.633. The first-order chi connectivity index (χ1) is 6.63. The average Bonchev–Trinajstić information content (AvgIpc) is 2.20. The molecule has 0 aromatic rings. The normalized spacial score (nSPS) is 41.2. The van der Waals surface area contributed by atoms with Crippen LogP contribution in [0.4, 0.5) is 4.39 Å². The maximum absolute atomic E-state index is 12.4. The fourth-order valence-electron chi connectivity index (χ4n) is 3.16. The zero-order valence-electron chi connectivity index (χ0n) is 8.39. The van der Waals surface area contributed by atoms with Crippen molar-refractivity contribution in [3.8, 4) is 0 Å². The van der Waals surface area contributed by atoms with E-state index >= 15 is 0 Å². The maximum atomic E-state index is 12.4. The molecule has 3 aliphatic rings. The van der Waals surface area contributed by atoms with E-state index in [1.807, 2.05) is 0 Å². The van der Waals surface area contributed by atoms with E-state index in [-0.39, 0.29) is 12.1 Å². The van der Waals surface area contributed by atoms with Crippen molar-refractivity contribution < 1.29 is 14.3 Å².